The van der Waals surface area contributed by atoms with E-state index in [0.717, 1.165) is 61.5 Å². The molecule has 0 saturated heterocycles. The van der Waals surface area contributed by atoms with Crippen LogP contribution in [0.3, 0.4) is 0 Å². The van der Waals surface area contributed by atoms with Gasteiger partial charge in [0.1, 0.15) is 17.1 Å². The van der Waals surface area contributed by atoms with Gasteiger partial charge in [-0.3, -0.25) is 4.79 Å². The average molecular weight is 470 g/mol. The zero-order valence-corrected chi connectivity index (χ0v) is 20.9. The monoisotopic (exact) mass is 469 g/mol. The topological polar surface area (TPSA) is 60.7 Å². The van der Waals surface area contributed by atoms with Gasteiger partial charge in [-0.15, -0.1) is 0 Å². The Bertz CT molecular complexity index is 1380. The summed E-state index contributed by atoms with van der Waals surface area (Å²) < 4.78 is 17.6. The number of furan rings is 1. The van der Waals surface area contributed by atoms with Crippen LogP contribution < -0.4 is 14.8 Å². The Kier molecular flexibility index (Phi) is 7.25. The van der Waals surface area contributed by atoms with Crippen molar-refractivity contribution < 1.29 is 18.7 Å². The molecule has 1 amide bonds. The first kappa shape index (κ1) is 24.1. The molecule has 1 N–H and O–H groups in total. The predicted octanol–water partition coefficient (Wildman–Crippen LogP) is 7.56. The molecule has 0 saturated carbocycles. The van der Waals surface area contributed by atoms with Crippen LogP contribution in [0.2, 0.25) is 0 Å². The summed E-state index contributed by atoms with van der Waals surface area (Å²) in [7, 11) is 0. The van der Waals surface area contributed by atoms with E-state index >= 15 is 0 Å². The number of carbonyl (C=O) groups excluding carboxylic acids is 1. The summed E-state index contributed by atoms with van der Waals surface area (Å²) in [6.07, 6.45) is 3.39. The third-order valence-electron chi connectivity index (χ3n) is 5.98. The molecule has 0 aliphatic heterocycles. The van der Waals surface area contributed by atoms with Gasteiger partial charge in [0.25, 0.3) is 0 Å². The van der Waals surface area contributed by atoms with Crippen molar-refractivity contribution in [2.45, 2.75) is 34.6 Å². The van der Waals surface area contributed by atoms with Crippen LogP contribution in [0.25, 0.3) is 27.7 Å². The molecule has 1 heterocycles. The summed E-state index contributed by atoms with van der Waals surface area (Å²) in [5.74, 6) is 1.37. The lowest BCUT2D eigenvalue weighted by molar-refractivity contribution is -0.111. The second-order valence-electron chi connectivity index (χ2n) is 8.43. The van der Waals surface area contributed by atoms with Crippen molar-refractivity contribution in [3.63, 3.8) is 0 Å². The van der Waals surface area contributed by atoms with Gasteiger partial charge in [0.2, 0.25) is 5.91 Å². The smallest absolute Gasteiger partial charge is 0.248 e. The number of rotatable bonds is 8. The minimum atomic E-state index is -0.184. The van der Waals surface area contributed by atoms with Gasteiger partial charge in [-0.2, -0.15) is 0 Å². The maximum atomic E-state index is 12.8. The van der Waals surface area contributed by atoms with Gasteiger partial charge in [-0.25, -0.2) is 0 Å². The molecule has 0 spiro atoms. The highest BCUT2D eigenvalue weighted by atomic mass is 16.5. The van der Waals surface area contributed by atoms with E-state index in [9.17, 15) is 4.79 Å². The van der Waals surface area contributed by atoms with Crippen molar-refractivity contribution in [3.8, 4) is 22.6 Å². The van der Waals surface area contributed by atoms with Crippen molar-refractivity contribution >= 4 is 28.1 Å². The summed E-state index contributed by atoms with van der Waals surface area (Å²) in [6.45, 7) is 10.9. The molecule has 0 aliphatic rings. The number of fused-ring (bicyclic) bond motifs is 1. The van der Waals surface area contributed by atoms with E-state index in [1.807, 2.05) is 83.1 Å². The zero-order chi connectivity index (χ0) is 24.9. The SMILES string of the molecule is CCOc1ccc(-c2coc3c(C)c(OCC)c(/C(C)=C/C(=O)Nc4ccccc4C)cc23)cc1. The second kappa shape index (κ2) is 10.5. The lowest BCUT2D eigenvalue weighted by atomic mass is 9.96. The Morgan fingerprint density at radius 2 is 1.71 bits per heavy atom. The Labute approximate surface area is 206 Å². The number of hydrogen-bond acceptors (Lipinski definition) is 4. The molecule has 1 aromatic heterocycles. The van der Waals surface area contributed by atoms with E-state index in [-0.39, 0.29) is 5.91 Å². The molecule has 3 aromatic carbocycles. The van der Waals surface area contributed by atoms with Crippen LogP contribution in [0, 0.1) is 13.8 Å². The number of hydrogen-bond donors (Lipinski definition) is 1. The molecule has 5 nitrogen and oxygen atoms in total. The molecule has 35 heavy (non-hydrogen) atoms. The van der Waals surface area contributed by atoms with Gasteiger partial charge >= 0.3 is 0 Å². The normalized spacial score (nSPS) is 11.5. The second-order valence-corrected chi connectivity index (χ2v) is 8.43. The Hall–Kier alpha value is -3.99. The Balaban J connectivity index is 1.76. The molecule has 0 atom stereocenters. The van der Waals surface area contributed by atoms with Gasteiger partial charge in [0.15, 0.2) is 0 Å². The average Bonchev–Trinajstić information content (AvgIpc) is 3.27. The number of para-hydroxylation sites is 1. The number of nitrogens with one attached hydrogen (secondary N) is 1. The molecular formula is C30H31NO4. The number of ether oxygens (including phenoxy) is 2. The van der Waals surface area contributed by atoms with Crippen molar-refractivity contribution in [1.29, 1.82) is 0 Å². The number of benzene rings is 3. The molecular weight excluding hydrogens is 438 g/mol. The number of aryl methyl sites for hydroxylation is 2. The first-order valence-corrected chi connectivity index (χ1v) is 11.9. The fourth-order valence-electron chi connectivity index (χ4n) is 4.22. The molecule has 5 heteroatoms. The quantitative estimate of drug-likeness (QED) is 0.271. The fraction of sp³-hybridized carbons (Fsp3) is 0.233. The molecule has 0 bridgehead atoms. The third kappa shape index (κ3) is 5.09. The van der Waals surface area contributed by atoms with Crippen LogP contribution in [0.15, 0.2) is 71.4 Å². The van der Waals surface area contributed by atoms with Crippen molar-refractivity contribution in [3.05, 3.63) is 83.6 Å². The van der Waals surface area contributed by atoms with Crippen molar-refractivity contribution in [2.24, 2.45) is 0 Å². The highest BCUT2D eigenvalue weighted by molar-refractivity contribution is 6.06. The van der Waals surface area contributed by atoms with Gasteiger partial charge < -0.3 is 19.2 Å². The Morgan fingerprint density at radius 3 is 2.40 bits per heavy atom. The molecule has 0 unspecified atom stereocenters. The molecule has 0 radical (unpaired) electrons. The van der Waals surface area contributed by atoms with E-state index < -0.39 is 0 Å². The summed E-state index contributed by atoms with van der Waals surface area (Å²) in [5.41, 5.74) is 7.17. The highest BCUT2D eigenvalue weighted by Gasteiger charge is 2.19. The van der Waals surface area contributed by atoms with E-state index in [4.69, 9.17) is 13.9 Å². The molecule has 4 aromatic rings. The lowest BCUT2D eigenvalue weighted by Gasteiger charge is -2.15. The van der Waals surface area contributed by atoms with Crippen molar-refractivity contribution in [2.75, 3.05) is 18.5 Å². The standard InChI is InChI=1S/C30H31NO4/c1-6-33-23-14-12-22(13-15-23)26-18-35-30-21(5)29(34-7-2)24(17-25(26)30)20(4)16-28(32)31-27-11-9-8-10-19(27)3/h8-18H,6-7H2,1-5H3,(H,31,32)/b20-16+. The summed E-state index contributed by atoms with van der Waals surface area (Å²) >= 11 is 0. The molecule has 4 rings (SSSR count). The lowest BCUT2D eigenvalue weighted by Crippen LogP contribution is -2.10. The first-order valence-electron chi connectivity index (χ1n) is 11.9. The van der Waals surface area contributed by atoms with E-state index in [2.05, 4.69) is 11.4 Å². The van der Waals surface area contributed by atoms with Crippen LogP contribution >= 0.6 is 0 Å². The van der Waals surface area contributed by atoms with Crippen LogP contribution in [0.5, 0.6) is 11.5 Å². The van der Waals surface area contributed by atoms with Crippen LogP contribution in [0.1, 0.15) is 37.5 Å². The molecule has 0 fully saturated rings. The van der Waals surface area contributed by atoms with Crippen LogP contribution in [-0.4, -0.2) is 19.1 Å². The predicted molar refractivity (Wildman–Crippen MR) is 142 cm³/mol. The largest absolute Gasteiger partial charge is 0.494 e. The summed E-state index contributed by atoms with van der Waals surface area (Å²) in [6, 6.07) is 17.7. The van der Waals surface area contributed by atoms with E-state index in [1.165, 1.54) is 0 Å². The van der Waals surface area contributed by atoms with Crippen LogP contribution in [0.4, 0.5) is 5.69 Å². The number of anilines is 1. The van der Waals surface area contributed by atoms with Gasteiger partial charge in [0.05, 0.1) is 19.5 Å². The highest BCUT2D eigenvalue weighted by Crippen LogP contribution is 2.41. The Morgan fingerprint density at radius 1 is 1.00 bits per heavy atom. The van der Waals surface area contributed by atoms with E-state index in [0.29, 0.717) is 13.2 Å². The fourth-order valence-corrected chi connectivity index (χ4v) is 4.22. The maximum absolute atomic E-state index is 12.8. The minimum absolute atomic E-state index is 0.184. The maximum Gasteiger partial charge on any atom is 0.248 e. The minimum Gasteiger partial charge on any atom is -0.494 e. The molecule has 180 valence electrons. The van der Waals surface area contributed by atoms with Crippen LogP contribution in [-0.2, 0) is 4.79 Å². The van der Waals surface area contributed by atoms with Gasteiger partial charge in [-0.1, -0.05) is 30.3 Å². The zero-order valence-electron chi connectivity index (χ0n) is 20.9. The summed E-state index contributed by atoms with van der Waals surface area (Å²) in [5, 5.41) is 3.95. The van der Waals surface area contributed by atoms with Gasteiger partial charge in [-0.05, 0) is 75.6 Å². The first-order chi connectivity index (χ1) is 16.9. The van der Waals surface area contributed by atoms with Gasteiger partial charge in [0, 0.05) is 33.8 Å². The molecule has 0 aliphatic carbocycles. The van der Waals surface area contributed by atoms with E-state index in [1.54, 1.807) is 12.3 Å². The summed E-state index contributed by atoms with van der Waals surface area (Å²) in [4.78, 5) is 12.8. The van der Waals surface area contributed by atoms with Crippen molar-refractivity contribution in [1.82, 2.24) is 0 Å². The number of allylic oxidation sites excluding steroid dienone is 1. The third-order valence-corrected chi connectivity index (χ3v) is 5.98. The number of amides is 1. The number of carbonyl (C=O) groups is 1.